The third-order valence-electron chi connectivity index (χ3n) is 2.58. The summed E-state index contributed by atoms with van der Waals surface area (Å²) >= 11 is 0. The largest absolute Gasteiger partial charge is 0.369 e. The third-order valence-corrected chi connectivity index (χ3v) is 2.58. The monoisotopic (exact) mass is 238 g/mol. The van der Waals surface area contributed by atoms with Crippen LogP contribution in [-0.2, 0) is 6.42 Å². The normalized spacial score (nSPS) is 9.78. The zero-order chi connectivity index (χ0) is 12.8. The van der Waals surface area contributed by atoms with Gasteiger partial charge in [-0.15, -0.1) is 0 Å². The van der Waals surface area contributed by atoms with Crippen molar-refractivity contribution < 1.29 is 0 Å². The van der Waals surface area contributed by atoms with E-state index in [9.17, 15) is 0 Å². The van der Waals surface area contributed by atoms with Crippen LogP contribution in [0.3, 0.4) is 0 Å². The predicted molar refractivity (Wildman–Crippen MR) is 70.1 cm³/mol. The molecule has 4 heteroatoms. The van der Waals surface area contributed by atoms with Crippen molar-refractivity contribution in [3.63, 3.8) is 0 Å². The van der Waals surface area contributed by atoms with E-state index in [-0.39, 0.29) is 0 Å². The molecule has 1 aromatic carbocycles. The maximum atomic E-state index is 8.96. The van der Waals surface area contributed by atoms with Gasteiger partial charge in [0.05, 0.1) is 6.20 Å². The lowest BCUT2D eigenvalue weighted by Crippen LogP contribution is -2.09. The lowest BCUT2D eigenvalue weighted by Gasteiger charge is -2.07. The lowest BCUT2D eigenvalue weighted by molar-refractivity contribution is 0.977. The van der Waals surface area contributed by atoms with Crippen LogP contribution in [0.1, 0.15) is 17.0 Å². The second-order valence-corrected chi connectivity index (χ2v) is 3.95. The molecule has 0 saturated heterocycles. The maximum Gasteiger partial charge on any atom is 0.147 e. The number of hydrogen-bond acceptors (Lipinski definition) is 4. The second-order valence-electron chi connectivity index (χ2n) is 3.95. The van der Waals surface area contributed by atoms with Crippen molar-refractivity contribution in [2.45, 2.75) is 13.3 Å². The average molecular weight is 238 g/mol. The number of benzene rings is 1. The minimum absolute atomic E-state index is 0.480. The first-order valence-corrected chi connectivity index (χ1v) is 5.81. The molecule has 90 valence electrons. The van der Waals surface area contributed by atoms with Crippen LogP contribution >= 0.6 is 0 Å². The molecule has 0 aliphatic heterocycles. The number of nitriles is 1. The van der Waals surface area contributed by atoms with Gasteiger partial charge in [0, 0.05) is 6.54 Å². The van der Waals surface area contributed by atoms with Crippen LogP contribution in [0, 0.1) is 18.3 Å². The summed E-state index contributed by atoms with van der Waals surface area (Å²) in [6.45, 7) is 2.55. The molecule has 2 aromatic rings. The molecule has 18 heavy (non-hydrogen) atoms. The van der Waals surface area contributed by atoms with Crippen molar-refractivity contribution in [2.24, 2.45) is 0 Å². The molecule has 1 heterocycles. The second kappa shape index (κ2) is 5.78. The summed E-state index contributed by atoms with van der Waals surface area (Å²) in [4.78, 5) is 8.23. The van der Waals surface area contributed by atoms with Gasteiger partial charge in [-0.25, -0.2) is 9.97 Å². The van der Waals surface area contributed by atoms with Gasteiger partial charge in [0.2, 0.25) is 0 Å². The van der Waals surface area contributed by atoms with Crippen molar-refractivity contribution in [1.29, 1.82) is 5.26 Å². The fourth-order valence-corrected chi connectivity index (χ4v) is 1.66. The van der Waals surface area contributed by atoms with E-state index in [4.69, 9.17) is 5.26 Å². The molecule has 0 aliphatic rings. The highest BCUT2D eigenvalue weighted by Gasteiger charge is 2.04. The molecule has 0 aliphatic carbocycles. The highest BCUT2D eigenvalue weighted by molar-refractivity contribution is 5.50. The van der Waals surface area contributed by atoms with Crippen LogP contribution in [0.5, 0.6) is 0 Å². The molecule has 0 amide bonds. The van der Waals surface area contributed by atoms with Crippen LogP contribution in [0.25, 0.3) is 0 Å². The van der Waals surface area contributed by atoms with Crippen molar-refractivity contribution in [2.75, 3.05) is 11.9 Å². The molecular weight excluding hydrogens is 224 g/mol. The summed E-state index contributed by atoms with van der Waals surface area (Å²) in [5.74, 6) is 1.28. The van der Waals surface area contributed by atoms with Crippen LogP contribution in [0.15, 0.2) is 36.5 Å². The Bertz CT molecular complexity index is 558. The molecule has 2 rings (SSSR count). The molecule has 1 N–H and O–H groups in total. The predicted octanol–water partition coefficient (Wildman–Crippen LogP) is 2.31. The number of hydrogen-bond donors (Lipinski definition) is 1. The first-order chi connectivity index (χ1) is 8.79. The van der Waals surface area contributed by atoms with Crippen LogP contribution in [-0.4, -0.2) is 16.5 Å². The number of rotatable bonds is 4. The van der Waals surface area contributed by atoms with E-state index in [2.05, 4.69) is 33.5 Å². The number of nitrogens with zero attached hydrogens (tertiary/aromatic N) is 3. The minimum Gasteiger partial charge on any atom is -0.369 e. The van der Waals surface area contributed by atoms with Gasteiger partial charge in [-0.05, 0) is 18.9 Å². The van der Waals surface area contributed by atoms with Gasteiger partial charge in [0.25, 0.3) is 0 Å². The Morgan fingerprint density at radius 2 is 2.06 bits per heavy atom. The van der Waals surface area contributed by atoms with Crippen molar-refractivity contribution in [1.82, 2.24) is 9.97 Å². The summed E-state index contributed by atoms with van der Waals surface area (Å²) < 4.78 is 0. The first-order valence-electron chi connectivity index (χ1n) is 5.81. The Morgan fingerprint density at radius 1 is 1.28 bits per heavy atom. The van der Waals surface area contributed by atoms with E-state index < -0.39 is 0 Å². The molecule has 0 saturated carbocycles. The molecule has 0 radical (unpaired) electrons. The fourth-order valence-electron chi connectivity index (χ4n) is 1.66. The lowest BCUT2D eigenvalue weighted by atomic mass is 10.1. The van der Waals surface area contributed by atoms with E-state index in [0.29, 0.717) is 17.2 Å². The van der Waals surface area contributed by atoms with Crippen molar-refractivity contribution in [3.05, 3.63) is 53.5 Å². The highest BCUT2D eigenvalue weighted by Crippen LogP contribution is 2.10. The SMILES string of the molecule is Cc1ncc(C#N)c(NCCc2ccccc2)n1. The third kappa shape index (κ3) is 3.05. The van der Waals surface area contributed by atoms with Crippen LogP contribution in [0.2, 0.25) is 0 Å². The molecule has 0 spiro atoms. The van der Waals surface area contributed by atoms with Gasteiger partial charge in [-0.3, -0.25) is 0 Å². The van der Waals surface area contributed by atoms with Gasteiger partial charge >= 0.3 is 0 Å². The zero-order valence-electron chi connectivity index (χ0n) is 10.2. The number of aryl methyl sites for hydroxylation is 1. The van der Waals surface area contributed by atoms with Crippen LogP contribution < -0.4 is 5.32 Å². The Kier molecular flexibility index (Phi) is 3.87. The number of aromatic nitrogens is 2. The van der Waals surface area contributed by atoms with E-state index in [1.807, 2.05) is 25.1 Å². The molecule has 4 nitrogen and oxygen atoms in total. The van der Waals surface area contributed by atoms with Gasteiger partial charge in [-0.2, -0.15) is 5.26 Å². The molecule has 0 fully saturated rings. The van der Waals surface area contributed by atoms with E-state index in [1.165, 1.54) is 5.56 Å². The molecule has 1 aromatic heterocycles. The molecular formula is C14H14N4. The maximum absolute atomic E-state index is 8.96. The Labute approximate surface area is 106 Å². The minimum atomic E-state index is 0.480. The Hall–Kier alpha value is -2.41. The molecule has 0 atom stereocenters. The average Bonchev–Trinajstić information content (AvgIpc) is 2.40. The smallest absolute Gasteiger partial charge is 0.147 e. The molecule has 0 unspecified atom stereocenters. The highest BCUT2D eigenvalue weighted by atomic mass is 15.0. The zero-order valence-corrected chi connectivity index (χ0v) is 10.2. The number of nitrogens with one attached hydrogen (secondary N) is 1. The molecule has 0 bridgehead atoms. The summed E-state index contributed by atoms with van der Waals surface area (Å²) in [7, 11) is 0. The Morgan fingerprint density at radius 3 is 2.78 bits per heavy atom. The van der Waals surface area contributed by atoms with Crippen molar-refractivity contribution >= 4 is 5.82 Å². The Balaban J connectivity index is 1.98. The quantitative estimate of drug-likeness (QED) is 0.887. The summed E-state index contributed by atoms with van der Waals surface area (Å²) in [5.41, 5.74) is 1.74. The first kappa shape index (κ1) is 12.1. The van der Waals surface area contributed by atoms with Crippen LogP contribution in [0.4, 0.5) is 5.82 Å². The van der Waals surface area contributed by atoms with E-state index in [0.717, 1.165) is 13.0 Å². The van der Waals surface area contributed by atoms with E-state index in [1.54, 1.807) is 6.20 Å². The van der Waals surface area contributed by atoms with Gasteiger partial charge in [0.1, 0.15) is 23.3 Å². The van der Waals surface area contributed by atoms with Gasteiger partial charge < -0.3 is 5.32 Å². The van der Waals surface area contributed by atoms with Gasteiger partial charge in [-0.1, -0.05) is 30.3 Å². The van der Waals surface area contributed by atoms with Crippen molar-refractivity contribution in [3.8, 4) is 6.07 Å². The van der Waals surface area contributed by atoms with E-state index >= 15 is 0 Å². The standard InChI is InChI=1S/C14H14N4/c1-11-17-10-13(9-15)14(18-11)16-8-7-12-5-3-2-4-6-12/h2-6,10H,7-8H2,1H3,(H,16,17,18). The van der Waals surface area contributed by atoms with Gasteiger partial charge in [0.15, 0.2) is 0 Å². The number of anilines is 1. The summed E-state index contributed by atoms with van der Waals surface area (Å²) in [5, 5.41) is 12.1. The topological polar surface area (TPSA) is 61.6 Å². The fraction of sp³-hybridized carbons (Fsp3) is 0.214. The summed E-state index contributed by atoms with van der Waals surface area (Å²) in [6, 6.07) is 12.3. The summed E-state index contributed by atoms with van der Waals surface area (Å²) in [6.07, 6.45) is 2.45.